The van der Waals surface area contributed by atoms with Crippen LogP contribution < -0.4 is 4.74 Å². The first kappa shape index (κ1) is 26.2. The minimum Gasteiger partial charge on any atom is -0.493 e. The number of aromatic nitrogens is 2. The SMILES string of the molecule is CCCCCCCC1(C#N)CCC(COc2ccc(-c3ncc(CCCCC)cn3)cc2)CC1. The summed E-state index contributed by atoms with van der Waals surface area (Å²) in [4.78, 5) is 9.11. The molecular weight excluding hydrogens is 418 g/mol. The van der Waals surface area contributed by atoms with E-state index in [9.17, 15) is 5.26 Å². The molecular formula is C30H43N3O. The molecule has 4 nitrogen and oxygen atoms in total. The highest BCUT2D eigenvalue weighted by Gasteiger charge is 2.35. The fraction of sp³-hybridized carbons (Fsp3) is 0.633. The number of aryl methyl sites for hydroxylation is 1. The van der Waals surface area contributed by atoms with E-state index in [-0.39, 0.29) is 5.41 Å². The average Bonchev–Trinajstić information content (AvgIpc) is 2.89. The Morgan fingerprint density at radius 2 is 1.56 bits per heavy atom. The first-order valence-corrected chi connectivity index (χ1v) is 13.6. The quantitative estimate of drug-likeness (QED) is 0.265. The smallest absolute Gasteiger partial charge is 0.159 e. The van der Waals surface area contributed by atoms with Crippen molar-refractivity contribution in [2.75, 3.05) is 6.61 Å². The molecule has 0 unspecified atom stereocenters. The summed E-state index contributed by atoms with van der Waals surface area (Å²) in [7, 11) is 0. The van der Waals surface area contributed by atoms with Crippen LogP contribution in [0.25, 0.3) is 11.4 Å². The van der Waals surface area contributed by atoms with Gasteiger partial charge in [-0.3, -0.25) is 0 Å². The minimum atomic E-state index is -0.0874. The fourth-order valence-corrected chi connectivity index (χ4v) is 5.01. The average molecular weight is 462 g/mol. The highest BCUT2D eigenvalue weighted by atomic mass is 16.5. The van der Waals surface area contributed by atoms with Crippen LogP contribution in [0.5, 0.6) is 5.75 Å². The summed E-state index contributed by atoms with van der Waals surface area (Å²) in [6.07, 6.45) is 20.3. The predicted molar refractivity (Wildman–Crippen MR) is 140 cm³/mol. The third-order valence-electron chi connectivity index (χ3n) is 7.43. The zero-order valence-electron chi connectivity index (χ0n) is 21.4. The highest BCUT2D eigenvalue weighted by Crippen LogP contribution is 2.42. The Labute approximate surface area is 207 Å². The zero-order valence-corrected chi connectivity index (χ0v) is 21.4. The second-order valence-corrected chi connectivity index (χ2v) is 10.2. The first-order chi connectivity index (χ1) is 16.7. The van der Waals surface area contributed by atoms with Gasteiger partial charge in [-0.05, 0) is 80.7 Å². The van der Waals surface area contributed by atoms with Crippen molar-refractivity contribution in [1.29, 1.82) is 5.26 Å². The number of benzene rings is 1. The number of rotatable bonds is 14. The number of unbranched alkanes of at least 4 members (excludes halogenated alkanes) is 6. The van der Waals surface area contributed by atoms with Gasteiger partial charge in [0.25, 0.3) is 0 Å². The molecule has 34 heavy (non-hydrogen) atoms. The molecule has 184 valence electrons. The lowest BCUT2D eigenvalue weighted by molar-refractivity contribution is 0.144. The molecule has 1 aromatic carbocycles. The van der Waals surface area contributed by atoms with E-state index in [1.54, 1.807) is 0 Å². The maximum atomic E-state index is 9.83. The molecule has 0 saturated heterocycles. The number of ether oxygens (including phenoxy) is 1. The van der Waals surface area contributed by atoms with Crippen LogP contribution in [0.3, 0.4) is 0 Å². The van der Waals surface area contributed by atoms with E-state index >= 15 is 0 Å². The summed E-state index contributed by atoms with van der Waals surface area (Å²) in [6, 6.07) is 10.8. The van der Waals surface area contributed by atoms with Crippen LogP contribution in [0.2, 0.25) is 0 Å². The Morgan fingerprint density at radius 1 is 0.912 bits per heavy atom. The number of hydrogen-bond donors (Lipinski definition) is 0. The topological polar surface area (TPSA) is 58.8 Å². The molecule has 1 heterocycles. The lowest BCUT2D eigenvalue weighted by Gasteiger charge is -2.35. The molecule has 1 aliphatic rings. The Hall–Kier alpha value is -2.41. The van der Waals surface area contributed by atoms with E-state index in [0.29, 0.717) is 5.92 Å². The van der Waals surface area contributed by atoms with E-state index in [4.69, 9.17) is 4.74 Å². The van der Waals surface area contributed by atoms with Gasteiger partial charge in [0.1, 0.15) is 5.75 Å². The molecule has 0 N–H and O–H groups in total. The van der Waals surface area contributed by atoms with Gasteiger partial charge in [0.15, 0.2) is 5.82 Å². The summed E-state index contributed by atoms with van der Waals surface area (Å²) in [6.45, 7) is 5.20. The molecule has 0 atom stereocenters. The molecule has 0 bridgehead atoms. The largest absolute Gasteiger partial charge is 0.493 e. The summed E-state index contributed by atoms with van der Waals surface area (Å²) >= 11 is 0. The van der Waals surface area contributed by atoms with Crippen LogP contribution in [0.15, 0.2) is 36.7 Å². The monoisotopic (exact) mass is 461 g/mol. The molecule has 0 spiro atoms. The Bertz CT molecular complexity index is 861. The van der Waals surface area contributed by atoms with Gasteiger partial charge in [0, 0.05) is 18.0 Å². The van der Waals surface area contributed by atoms with Crippen LogP contribution in [-0.4, -0.2) is 16.6 Å². The lowest BCUT2D eigenvalue weighted by Crippen LogP contribution is -2.28. The third-order valence-corrected chi connectivity index (χ3v) is 7.43. The standard InChI is InChI=1S/C30H43N3O/c1-3-5-7-8-10-18-30(24-31)19-16-25(17-20-30)23-34-28-14-12-27(13-15-28)29-32-21-26(22-33-29)11-9-6-4-2/h12-15,21-22,25H,3-11,16-20,23H2,1-2H3. The molecule has 0 aliphatic heterocycles. The lowest BCUT2D eigenvalue weighted by atomic mass is 9.69. The fourth-order valence-electron chi connectivity index (χ4n) is 5.01. The molecule has 0 radical (unpaired) electrons. The summed E-state index contributed by atoms with van der Waals surface area (Å²) in [5, 5.41) is 9.83. The molecule has 1 saturated carbocycles. The molecule has 1 aromatic heterocycles. The minimum absolute atomic E-state index is 0.0874. The maximum absolute atomic E-state index is 9.83. The molecule has 1 fully saturated rings. The van der Waals surface area contributed by atoms with Gasteiger partial charge < -0.3 is 4.74 Å². The Kier molecular flexibility index (Phi) is 10.9. The van der Waals surface area contributed by atoms with Crippen molar-refractivity contribution in [2.45, 2.75) is 104 Å². The molecule has 2 aromatic rings. The van der Waals surface area contributed by atoms with Crippen molar-refractivity contribution < 1.29 is 4.74 Å². The van der Waals surface area contributed by atoms with Gasteiger partial charge in [-0.2, -0.15) is 5.26 Å². The number of nitrogens with zero attached hydrogens (tertiary/aromatic N) is 3. The van der Waals surface area contributed by atoms with Gasteiger partial charge >= 0.3 is 0 Å². The van der Waals surface area contributed by atoms with E-state index in [0.717, 1.165) is 62.3 Å². The van der Waals surface area contributed by atoms with Crippen molar-refractivity contribution in [1.82, 2.24) is 9.97 Å². The van der Waals surface area contributed by atoms with Crippen LogP contribution in [0.4, 0.5) is 0 Å². The van der Waals surface area contributed by atoms with Crippen molar-refractivity contribution in [3.8, 4) is 23.2 Å². The summed E-state index contributed by atoms with van der Waals surface area (Å²) < 4.78 is 6.11. The first-order valence-electron chi connectivity index (χ1n) is 13.6. The third kappa shape index (κ3) is 8.12. The van der Waals surface area contributed by atoms with Crippen LogP contribution >= 0.6 is 0 Å². The summed E-state index contributed by atoms with van der Waals surface area (Å²) in [5.41, 5.74) is 2.14. The zero-order chi connectivity index (χ0) is 24.1. The van der Waals surface area contributed by atoms with Gasteiger partial charge in [-0.15, -0.1) is 0 Å². The van der Waals surface area contributed by atoms with Crippen LogP contribution in [-0.2, 0) is 6.42 Å². The van der Waals surface area contributed by atoms with Crippen molar-refractivity contribution in [3.63, 3.8) is 0 Å². The van der Waals surface area contributed by atoms with E-state index in [1.165, 1.54) is 56.9 Å². The van der Waals surface area contributed by atoms with Crippen LogP contribution in [0, 0.1) is 22.7 Å². The predicted octanol–water partition coefficient (Wildman–Crippen LogP) is 8.32. The maximum Gasteiger partial charge on any atom is 0.159 e. The number of hydrogen-bond acceptors (Lipinski definition) is 4. The van der Waals surface area contributed by atoms with Crippen molar-refractivity contribution in [3.05, 3.63) is 42.2 Å². The Balaban J connectivity index is 1.41. The van der Waals surface area contributed by atoms with Gasteiger partial charge in [-0.1, -0.05) is 58.8 Å². The molecule has 1 aliphatic carbocycles. The van der Waals surface area contributed by atoms with Crippen molar-refractivity contribution in [2.24, 2.45) is 11.3 Å². The van der Waals surface area contributed by atoms with Crippen molar-refractivity contribution >= 4 is 0 Å². The number of nitriles is 1. The highest BCUT2D eigenvalue weighted by molar-refractivity contribution is 5.55. The molecule has 3 rings (SSSR count). The normalized spacial score (nSPS) is 20.1. The second-order valence-electron chi connectivity index (χ2n) is 10.2. The van der Waals surface area contributed by atoms with Gasteiger partial charge in [-0.25, -0.2) is 9.97 Å². The van der Waals surface area contributed by atoms with Gasteiger partial charge in [0.2, 0.25) is 0 Å². The van der Waals surface area contributed by atoms with Gasteiger partial charge in [0.05, 0.1) is 18.1 Å². The van der Waals surface area contributed by atoms with E-state index in [1.807, 2.05) is 36.7 Å². The van der Waals surface area contributed by atoms with E-state index < -0.39 is 0 Å². The molecule has 4 heteroatoms. The Morgan fingerprint density at radius 3 is 2.21 bits per heavy atom. The molecule has 0 amide bonds. The van der Waals surface area contributed by atoms with E-state index in [2.05, 4.69) is 29.9 Å². The summed E-state index contributed by atoms with van der Waals surface area (Å²) in [5.74, 6) is 2.21. The second kappa shape index (κ2) is 14.1. The van der Waals surface area contributed by atoms with Crippen LogP contribution in [0.1, 0.15) is 103 Å².